The summed E-state index contributed by atoms with van der Waals surface area (Å²) in [6, 6.07) is 0. The van der Waals surface area contributed by atoms with Crippen LogP contribution in [0.4, 0.5) is 0 Å². The molecule has 0 aliphatic heterocycles. The average molecular weight is 554 g/mol. The van der Waals surface area contributed by atoms with E-state index < -0.39 is 31.2 Å². The fourth-order valence-electron chi connectivity index (χ4n) is 0.400. The van der Waals surface area contributed by atoms with Gasteiger partial charge in [0.25, 0.3) is 0 Å². The smallest absolute Gasteiger partial charge is 0.759 e. The van der Waals surface area contributed by atoms with Crippen molar-refractivity contribution in [1.29, 1.82) is 0 Å². The molecule has 2 radical (unpaired) electrons. The van der Waals surface area contributed by atoms with E-state index in [1.165, 1.54) is 0 Å². The van der Waals surface area contributed by atoms with Crippen molar-refractivity contribution in [2.45, 2.75) is 6.92 Å². The molecule has 0 spiro atoms. The predicted molar refractivity (Wildman–Crippen MR) is 81.3 cm³/mol. The fourth-order valence-corrected chi connectivity index (χ4v) is 0.400. The monoisotopic (exact) mass is 554 g/mol. The number of aliphatic hydroxyl groups is 1. The van der Waals surface area contributed by atoms with Gasteiger partial charge in [0, 0.05) is 50.9 Å². The first-order valence-corrected chi connectivity index (χ1v) is 9.94. The first-order valence-electron chi connectivity index (χ1n) is 5.94. The molecule has 28 heavy (non-hydrogen) atoms. The van der Waals surface area contributed by atoms with Crippen molar-refractivity contribution in [2.75, 3.05) is 47.9 Å². The van der Waals surface area contributed by atoms with E-state index in [0.29, 0.717) is 0 Å². The third-order valence-corrected chi connectivity index (χ3v) is 0.994. The maximum atomic E-state index is 8.52. The Hall–Kier alpha value is 0.555. The maximum Gasteiger partial charge on any atom is 3.00 e. The van der Waals surface area contributed by atoms with Crippen LogP contribution in [-0.2, 0) is 65.9 Å². The van der Waals surface area contributed by atoms with Gasteiger partial charge in [-0.2, -0.15) is 0 Å². The van der Waals surface area contributed by atoms with Crippen molar-refractivity contribution in [3.8, 4) is 0 Å². The molecule has 0 unspecified atom stereocenters. The summed E-state index contributed by atoms with van der Waals surface area (Å²) >= 11 is 0. The molecule has 0 aromatic rings. The normalized spacial score (nSPS) is 10.1. The second-order valence-corrected chi connectivity index (χ2v) is 6.60. The fraction of sp³-hybridized carbons (Fsp3) is 1.00. The van der Waals surface area contributed by atoms with Crippen molar-refractivity contribution in [3.05, 3.63) is 0 Å². The van der Waals surface area contributed by atoms with Crippen LogP contribution in [0.5, 0.6) is 0 Å². The molecule has 0 aromatic heterocycles. The first kappa shape index (κ1) is 46.7. The minimum atomic E-state index is -5.17. The molecule has 172 valence electrons. The zero-order valence-electron chi connectivity index (χ0n) is 15.4. The van der Waals surface area contributed by atoms with Gasteiger partial charge in [-0.15, -0.1) is 0 Å². The molecule has 0 amide bonds. The molecular weight excluding hydrogens is 532 g/mol. The molecular formula is C8H22Cr2N2O13S3. The molecule has 0 rings (SSSR count). The Bertz CT molecular complexity index is 490. The van der Waals surface area contributed by atoms with Gasteiger partial charge in [-0.3, -0.25) is 25.3 Å². The summed E-state index contributed by atoms with van der Waals surface area (Å²) in [5.74, 6) is 0. The summed E-state index contributed by atoms with van der Waals surface area (Å²) in [6.07, 6.45) is 0. The largest absolute Gasteiger partial charge is 3.00 e. The van der Waals surface area contributed by atoms with Gasteiger partial charge >= 0.3 is 34.7 Å². The van der Waals surface area contributed by atoms with E-state index in [9.17, 15) is 0 Å². The number of rotatable bonds is 3. The van der Waals surface area contributed by atoms with Crippen LogP contribution in [0.1, 0.15) is 6.92 Å². The molecule has 0 fully saturated rings. The van der Waals surface area contributed by atoms with E-state index in [0.717, 1.165) is 13.1 Å². The number of aliphatic hydroxyl groups excluding tert-OH is 1. The van der Waals surface area contributed by atoms with Crippen molar-refractivity contribution < 1.29 is 92.4 Å². The van der Waals surface area contributed by atoms with E-state index in [4.69, 9.17) is 57.7 Å². The summed E-state index contributed by atoms with van der Waals surface area (Å²) in [7, 11) is -7.15. The Morgan fingerprint density at radius 2 is 0.679 bits per heavy atom. The van der Waals surface area contributed by atoms with Gasteiger partial charge < -0.3 is 42.2 Å². The second kappa shape index (κ2) is 25.6. The third-order valence-electron chi connectivity index (χ3n) is 0.994. The molecule has 0 aromatic carbocycles. The molecule has 0 saturated carbocycles. The zero-order chi connectivity index (χ0) is 22.8. The van der Waals surface area contributed by atoms with Gasteiger partial charge in [-0.05, 0) is 35.1 Å². The molecule has 0 heterocycles. The Labute approximate surface area is 187 Å². The zero-order valence-corrected chi connectivity index (χ0v) is 20.4. The molecule has 0 bridgehead atoms. The maximum absolute atomic E-state index is 8.52. The molecule has 0 saturated heterocycles. The van der Waals surface area contributed by atoms with Gasteiger partial charge in [0.15, 0.2) is 0 Å². The first-order chi connectivity index (χ1) is 11.0. The SMILES string of the molecule is CCO.CN(C)CCN(C)C.O=S(=O)([O-])[O-].O=S(=O)([O-])[O-].O=S(=O)([O-])[O-].[Cr+3].[Cr+3]. The quantitative estimate of drug-likeness (QED) is 0.258. The molecule has 1 N–H and O–H groups in total. The molecule has 0 aliphatic rings. The molecule has 0 atom stereocenters. The topological polar surface area (TPSA) is 267 Å². The molecule has 0 aliphatic carbocycles. The van der Waals surface area contributed by atoms with Gasteiger partial charge in [0.2, 0.25) is 0 Å². The van der Waals surface area contributed by atoms with Crippen LogP contribution < -0.4 is 0 Å². The summed E-state index contributed by atoms with van der Waals surface area (Å²) in [6.45, 7) is 4.22. The van der Waals surface area contributed by atoms with Crippen LogP contribution in [0.2, 0.25) is 0 Å². The van der Waals surface area contributed by atoms with Gasteiger partial charge in [0.05, 0.1) is 0 Å². The summed E-state index contributed by atoms with van der Waals surface area (Å²) in [4.78, 5) is 4.36. The van der Waals surface area contributed by atoms with Gasteiger partial charge in [-0.1, -0.05) is 0 Å². The third kappa shape index (κ3) is 562. The molecule has 20 heteroatoms. The Kier molecular flexibility index (Phi) is 42.7. The Morgan fingerprint density at radius 1 is 0.607 bits per heavy atom. The van der Waals surface area contributed by atoms with E-state index in [1.54, 1.807) is 6.92 Å². The Balaban J connectivity index is -0.0000000400. The molecule has 15 nitrogen and oxygen atoms in total. The van der Waals surface area contributed by atoms with E-state index in [-0.39, 0.29) is 41.3 Å². The number of likely N-dealkylation sites (N-methyl/N-ethyl adjacent to an activating group) is 2. The van der Waals surface area contributed by atoms with Crippen LogP contribution in [0.25, 0.3) is 0 Å². The summed E-state index contributed by atoms with van der Waals surface area (Å²) in [5, 5.41) is 7.57. The van der Waals surface area contributed by atoms with Crippen LogP contribution in [-0.4, -0.2) is 115 Å². The number of hydrogen-bond donors (Lipinski definition) is 1. The van der Waals surface area contributed by atoms with Crippen molar-refractivity contribution in [3.63, 3.8) is 0 Å². The van der Waals surface area contributed by atoms with Crippen LogP contribution in [0.15, 0.2) is 0 Å². The van der Waals surface area contributed by atoms with Gasteiger partial charge in [0.1, 0.15) is 0 Å². The van der Waals surface area contributed by atoms with E-state index >= 15 is 0 Å². The number of hydrogen-bond acceptors (Lipinski definition) is 15. The van der Waals surface area contributed by atoms with Crippen LogP contribution in [0.3, 0.4) is 0 Å². The second-order valence-electron chi connectivity index (χ2n) is 4.15. The van der Waals surface area contributed by atoms with Crippen molar-refractivity contribution in [2.24, 2.45) is 0 Å². The van der Waals surface area contributed by atoms with Crippen molar-refractivity contribution in [1.82, 2.24) is 9.80 Å². The predicted octanol–water partition coefficient (Wildman–Crippen LogP) is -3.91. The summed E-state index contributed by atoms with van der Waals surface area (Å²) < 4.78 is 102. The van der Waals surface area contributed by atoms with E-state index in [2.05, 4.69) is 38.0 Å². The minimum Gasteiger partial charge on any atom is -0.759 e. The number of nitrogens with zero attached hydrogens (tertiary/aromatic N) is 2. The van der Waals surface area contributed by atoms with E-state index in [1.807, 2.05) is 0 Å². The summed E-state index contributed by atoms with van der Waals surface area (Å²) in [5.41, 5.74) is 0. The standard InChI is InChI=1S/C6H16N2.C2H6O.2Cr.3H2O4S/c1-7(2)5-6-8(3)4;1-2-3;;;3*1-5(2,3)4/h5-6H2,1-4H3;3H,2H2,1H3;;;3*(H2,1,2,3,4)/q;;2*+3;;;/p-6. The van der Waals surface area contributed by atoms with Gasteiger partial charge in [-0.25, -0.2) is 0 Å². The Morgan fingerprint density at radius 3 is 0.714 bits per heavy atom. The average Bonchev–Trinajstić information content (AvgIpc) is 2.20. The van der Waals surface area contributed by atoms with Crippen LogP contribution >= 0.6 is 0 Å². The van der Waals surface area contributed by atoms with Crippen molar-refractivity contribution >= 4 is 31.2 Å². The van der Waals surface area contributed by atoms with Crippen LogP contribution in [0, 0.1) is 0 Å². The minimum absolute atomic E-state index is 0.